The summed E-state index contributed by atoms with van der Waals surface area (Å²) in [7, 11) is 1.65. The summed E-state index contributed by atoms with van der Waals surface area (Å²) >= 11 is 0. The zero-order chi connectivity index (χ0) is 14.5. The summed E-state index contributed by atoms with van der Waals surface area (Å²) in [5, 5.41) is 5.93. The molecule has 2 N–H and O–H groups in total. The Morgan fingerprint density at radius 2 is 2.05 bits per heavy atom. The van der Waals surface area contributed by atoms with E-state index in [0.717, 1.165) is 24.3 Å². The summed E-state index contributed by atoms with van der Waals surface area (Å²) in [6, 6.07) is 6.13. The fraction of sp³-hybridized carbons (Fsp3) is 0.533. The molecular formula is C15H22N2O3. The van der Waals surface area contributed by atoms with E-state index in [2.05, 4.69) is 23.6 Å². The fourth-order valence-electron chi connectivity index (χ4n) is 2.28. The summed E-state index contributed by atoms with van der Waals surface area (Å²) in [5.41, 5.74) is 1.22. The Morgan fingerprint density at radius 3 is 2.80 bits per heavy atom. The molecule has 0 spiro atoms. The van der Waals surface area contributed by atoms with E-state index < -0.39 is 0 Å². The summed E-state index contributed by atoms with van der Waals surface area (Å²) in [5.74, 6) is 1.65. The third-order valence-corrected chi connectivity index (χ3v) is 3.48. The molecule has 1 aromatic rings. The second kappa shape index (κ2) is 6.61. The van der Waals surface area contributed by atoms with Crippen molar-refractivity contribution < 1.29 is 14.3 Å². The number of rotatable bonds is 6. The normalized spacial score (nSPS) is 15.8. The standard InChI is InChI=1S/C15H22N2O3/c1-10(17-11(2)15(18)16-3)4-5-12-6-7-13-14(8-12)20-9-19-13/h6-8,10-11,17H,4-5,9H2,1-3H3,(H,16,18). The van der Waals surface area contributed by atoms with Crippen molar-refractivity contribution in [1.82, 2.24) is 10.6 Å². The largest absolute Gasteiger partial charge is 0.454 e. The maximum atomic E-state index is 11.4. The van der Waals surface area contributed by atoms with Crippen molar-refractivity contribution in [3.63, 3.8) is 0 Å². The molecule has 0 saturated heterocycles. The molecule has 5 heteroatoms. The molecule has 1 heterocycles. The minimum Gasteiger partial charge on any atom is -0.454 e. The number of carbonyl (C=O) groups is 1. The first-order valence-corrected chi connectivity index (χ1v) is 6.96. The van der Waals surface area contributed by atoms with Crippen molar-refractivity contribution in [3.05, 3.63) is 23.8 Å². The number of nitrogens with one attached hydrogen (secondary N) is 2. The van der Waals surface area contributed by atoms with Gasteiger partial charge in [-0.05, 0) is 44.4 Å². The van der Waals surface area contributed by atoms with E-state index in [9.17, 15) is 4.79 Å². The van der Waals surface area contributed by atoms with Gasteiger partial charge < -0.3 is 20.1 Å². The van der Waals surface area contributed by atoms with Crippen molar-refractivity contribution in [2.75, 3.05) is 13.8 Å². The van der Waals surface area contributed by atoms with Crippen LogP contribution in [0.2, 0.25) is 0 Å². The molecule has 1 amide bonds. The van der Waals surface area contributed by atoms with Gasteiger partial charge in [-0.25, -0.2) is 0 Å². The van der Waals surface area contributed by atoms with E-state index in [-0.39, 0.29) is 18.0 Å². The molecular weight excluding hydrogens is 256 g/mol. The number of ether oxygens (including phenoxy) is 2. The van der Waals surface area contributed by atoms with E-state index >= 15 is 0 Å². The maximum absolute atomic E-state index is 11.4. The van der Waals surface area contributed by atoms with Gasteiger partial charge in [0.25, 0.3) is 0 Å². The molecule has 2 unspecified atom stereocenters. The zero-order valence-electron chi connectivity index (χ0n) is 12.2. The van der Waals surface area contributed by atoms with Crippen LogP contribution < -0.4 is 20.1 Å². The second-order valence-electron chi connectivity index (χ2n) is 5.13. The van der Waals surface area contributed by atoms with E-state index in [1.807, 2.05) is 19.1 Å². The van der Waals surface area contributed by atoms with Gasteiger partial charge in [0.1, 0.15) is 0 Å². The monoisotopic (exact) mass is 278 g/mol. The van der Waals surface area contributed by atoms with Gasteiger partial charge in [-0.3, -0.25) is 4.79 Å². The molecule has 2 rings (SSSR count). The Morgan fingerprint density at radius 1 is 1.30 bits per heavy atom. The van der Waals surface area contributed by atoms with Gasteiger partial charge in [-0.15, -0.1) is 0 Å². The molecule has 0 saturated carbocycles. The van der Waals surface area contributed by atoms with Crippen LogP contribution in [-0.2, 0) is 11.2 Å². The van der Waals surface area contributed by atoms with E-state index in [4.69, 9.17) is 9.47 Å². The average Bonchev–Trinajstić information content (AvgIpc) is 2.91. The third kappa shape index (κ3) is 3.63. The minimum absolute atomic E-state index is 0.0138. The quantitative estimate of drug-likeness (QED) is 0.827. The average molecular weight is 278 g/mol. The van der Waals surface area contributed by atoms with Crippen LogP contribution >= 0.6 is 0 Å². The lowest BCUT2D eigenvalue weighted by Crippen LogP contribution is -2.44. The summed E-state index contributed by atoms with van der Waals surface area (Å²) in [6.07, 6.45) is 1.90. The number of hydrogen-bond donors (Lipinski definition) is 2. The highest BCUT2D eigenvalue weighted by molar-refractivity contribution is 5.80. The number of likely N-dealkylation sites (N-methyl/N-ethyl adjacent to an activating group) is 1. The number of benzene rings is 1. The molecule has 1 aromatic carbocycles. The Labute approximate surface area is 119 Å². The molecule has 0 aromatic heterocycles. The van der Waals surface area contributed by atoms with Crippen molar-refractivity contribution in [2.45, 2.75) is 38.8 Å². The molecule has 1 aliphatic heterocycles. The number of aryl methyl sites for hydroxylation is 1. The lowest BCUT2D eigenvalue weighted by atomic mass is 10.0. The van der Waals surface area contributed by atoms with Crippen LogP contribution in [0.5, 0.6) is 11.5 Å². The molecule has 1 aliphatic rings. The van der Waals surface area contributed by atoms with Gasteiger partial charge in [0, 0.05) is 13.1 Å². The van der Waals surface area contributed by atoms with Crippen LogP contribution in [0.4, 0.5) is 0 Å². The topological polar surface area (TPSA) is 59.6 Å². The van der Waals surface area contributed by atoms with Gasteiger partial charge in [0.2, 0.25) is 12.7 Å². The Hall–Kier alpha value is -1.75. The molecule has 0 aliphatic carbocycles. The molecule has 5 nitrogen and oxygen atoms in total. The van der Waals surface area contributed by atoms with Crippen molar-refractivity contribution >= 4 is 5.91 Å². The highest BCUT2D eigenvalue weighted by Crippen LogP contribution is 2.32. The number of fused-ring (bicyclic) bond motifs is 1. The smallest absolute Gasteiger partial charge is 0.236 e. The minimum atomic E-state index is -0.174. The van der Waals surface area contributed by atoms with Crippen molar-refractivity contribution in [2.24, 2.45) is 0 Å². The zero-order valence-corrected chi connectivity index (χ0v) is 12.2. The van der Waals surface area contributed by atoms with Gasteiger partial charge in [0.15, 0.2) is 11.5 Å². The van der Waals surface area contributed by atoms with Gasteiger partial charge in [-0.1, -0.05) is 6.07 Å². The highest BCUT2D eigenvalue weighted by atomic mass is 16.7. The van der Waals surface area contributed by atoms with Crippen molar-refractivity contribution in [1.29, 1.82) is 0 Å². The molecule has 2 atom stereocenters. The van der Waals surface area contributed by atoms with Crippen molar-refractivity contribution in [3.8, 4) is 11.5 Å². The van der Waals surface area contributed by atoms with Gasteiger partial charge in [-0.2, -0.15) is 0 Å². The molecule has 0 fully saturated rings. The predicted octanol–water partition coefficient (Wildman–Crippen LogP) is 1.46. The molecule has 20 heavy (non-hydrogen) atoms. The first-order valence-electron chi connectivity index (χ1n) is 6.96. The Bertz CT molecular complexity index is 476. The summed E-state index contributed by atoms with van der Waals surface area (Å²) in [6.45, 7) is 4.27. The number of carbonyl (C=O) groups excluding carboxylic acids is 1. The SMILES string of the molecule is CNC(=O)C(C)NC(C)CCc1ccc2c(c1)OCO2. The van der Waals surface area contributed by atoms with Crippen LogP contribution in [0, 0.1) is 0 Å². The van der Waals surface area contributed by atoms with E-state index in [1.165, 1.54) is 5.56 Å². The molecule has 110 valence electrons. The van der Waals surface area contributed by atoms with Crippen LogP contribution in [0.15, 0.2) is 18.2 Å². The van der Waals surface area contributed by atoms with Crippen LogP contribution in [0.3, 0.4) is 0 Å². The van der Waals surface area contributed by atoms with Crippen LogP contribution in [0.25, 0.3) is 0 Å². The van der Waals surface area contributed by atoms with Gasteiger partial charge in [0.05, 0.1) is 6.04 Å². The first-order chi connectivity index (χ1) is 9.60. The summed E-state index contributed by atoms with van der Waals surface area (Å²) in [4.78, 5) is 11.4. The number of hydrogen-bond acceptors (Lipinski definition) is 4. The Kier molecular flexibility index (Phi) is 4.84. The third-order valence-electron chi connectivity index (χ3n) is 3.48. The van der Waals surface area contributed by atoms with Crippen LogP contribution in [0.1, 0.15) is 25.8 Å². The van der Waals surface area contributed by atoms with Crippen LogP contribution in [-0.4, -0.2) is 31.8 Å². The fourth-order valence-corrected chi connectivity index (χ4v) is 2.28. The predicted molar refractivity (Wildman–Crippen MR) is 77.0 cm³/mol. The van der Waals surface area contributed by atoms with E-state index in [1.54, 1.807) is 7.05 Å². The summed E-state index contributed by atoms with van der Waals surface area (Å²) < 4.78 is 10.7. The van der Waals surface area contributed by atoms with E-state index in [0.29, 0.717) is 6.79 Å². The lowest BCUT2D eigenvalue weighted by Gasteiger charge is -2.18. The first kappa shape index (κ1) is 14.7. The highest BCUT2D eigenvalue weighted by Gasteiger charge is 2.15. The Balaban J connectivity index is 1.81. The van der Waals surface area contributed by atoms with Gasteiger partial charge >= 0.3 is 0 Å². The number of amides is 1. The maximum Gasteiger partial charge on any atom is 0.236 e. The molecule has 0 radical (unpaired) electrons. The lowest BCUT2D eigenvalue weighted by molar-refractivity contribution is -0.122. The molecule has 0 bridgehead atoms. The second-order valence-corrected chi connectivity index (χ2v) is 5.13.